The van der Waals surface area contributed by atoms with Crippen LogP contribution in [0, 0.1) is 5.41 Å². The van der Waals surface area contributed by atoms with Crippen molar-refractivity contribution in [3.8, 4) is 0 Å². The number of nitrogens with zero attached hydrogens (tertiary/aromatic N) is 1. The number of nitrogens with one attached hydrogen (secondary N) is 1. The number of rotatable bonds is 4. The molecule has 1 aliphatic heterocycles. The molecule has 98 valence electrons. The average Bonchev–Trinajstić information content (AvgIpc) is 2.55. The first-order valence-corrected chi connectivity index (χ1v) is 7.18. The van der Waals surface area contributed by atoms with Crippen molar-refractivity contribution < 1.29 is 4.79 Å². The van der Waals surface area contributed by atoms with Gasteiger partial charge in [-0.15, -0.1) is 0 Å². The highest BCUT2D eigenvalue weighted by Crippen LogP contribution is 2.39. The monoisotopic (exact) mass is 238 g/mol. The van der Waals surface area contributed by atoms with Crippen LogP contribution < -0.4 is 5.32 Å². The van der Waals surface area contributed by atoms with Crippen molar-refractivity contribution in [1.29, 1.82) is 0 Å². The number of hydrogen-bond donors (Lipinski definition) is 1. The van der Waals surface area contributed by atoms with Gasteiger partial charge in [-0.3, -0.25) is 4.79 Å². The van der Waals surface area contributed by atoms with Crippen LogP contribution >= 0.6 is 0 Å². The Balaban J connectivity index is 1.65. The SMILES string of the molecule is CC1(CNCC(=O)N2CCCCCC2)CCC1. The zero-order chi connectivity index (χ0) is 12.1. The minimum Gasteiger partial charge on any atom is -0.342 e. The Morgan fingerprint density at radius 2 is 1.76 bits per heavy atom. The van der Waals surface area contributed by atoms with Crippen molar-refractivity contribution in [1.82, 2.24) is 10.2 Å². The van der Waals surface area contributed by atoms with Gasteiger partial charge in [0.2, 0.25) is 5.91 Å². The molecule has 2 fully saturated rings. The second kappa shape index (κ2) is 5.85. The zero-order valence-electron chi connectivity index (χ0n) is 11.1. The second-order valence-corrected chi connectivity index (χ2v) is 6.06. The van der Waals surface area contributed by atoms with E-state index >= 15 is 0 Å². The molecule has 0 radical (unpaired) electrons. The van der Waals surface area contributed by atoms with Crippen molar-refractivity contribution in [3.63, 3.8) is 0 Å². The second-order valence-electron chi connectivity index (χ2n) is 6.06. The molecule has 0 aromatic rings. The van der Waals surface area contributed by atoms with Gasteiger partial charge in [0.15, 0.2) is 0 Å². The lowest BCUT2D eigenvalue weighted by Gasteiger charge is -2.38. The minimum atomic E-state index is 0.301. The van der Waals surface area contributed by atoms with Crippen LogP contribution in [-0.4, -0.2) is 37.0 Å². The summed E-state index contributed by atoms with van der Waals surface area (Å²) in [6.07, 6.45) is 8.94. The van der Waals surface area contributed by atoms with Gasteiger partial charge in [0.1, 0.15) is 0 Å². The van der Waals surface area contributed by atoms with Gasteiger partial charge in [-0.1, -0.05) is 26.2 Å². The van der Waals surface area contributed by atoms with Gasteiger partial charge in [0.05, 0.1) is 6.54 Å². The molecule has 3 heteroatoms. The number of carbonyl (C=O) groups is 1. The average molecular weight is 238 g/mol. The molecule has 1 N–H and O–H groups in total. The maximum absolute atomic E-state index is 12.0. The summed E-state index contributed by atoms with van der Waals surface area (Å²) in [5.74, 6) is 0.301. The van der Waals surface area contributed by atoms with Crippen molar-refractivity contribution in [2.24, 2.45) is 5.41 Å². The highest BCUT2D eigenvalue weighted by atomic mass is 16.2. The topological polar surface area (TPSA) is 32.3 Å². The van der Waals surface area contributed by atoms with E-state index in [-0.39, 0.29) is 0 Å². The van der Waals surface area contributed by atoms with Crippen LogP contribution in [0.1, 0.15) is 51.9 Å². The number of likely N-dealkylation sites (tertiary alicyclic amines) is 1. The first-order chi connectivity index (χ1) is 8.20. The van der Waals surface area contributed by atoms with Gasteiger partial charge in [-0.05, 0) is 31.1 Å². The molecule has 0 spiro atoms. The lowest BCUT2D eigenvalue weighted by molar-refractivity contribution is -0.130. The molecule has 0 aromatic carbocycles. The van der Waals surface area contributed by atoms with Gasteiger partial charge in [0, 0.05) is 19.6 Å². The molecular formula is C14H26N2O. The third-order valence-electron chi connectivity index (χ3n) is 4.35. The molecule has 3 nitrogen and oxygen atoms in total. The Labute approximate surface area is 105 Å². The Morgan fingerprint density at radius 3 is 2.29 bits per heavy atom. The van der Waals surface area contributed by atoms with Crippen molar-refractivity contribution in [2.75, 3.05) is 26.2 Å². The Morgan fingerprint density at radius 1 is 1.12 bits per heavy atom. The fourth-order valence-electron chi connectivity index (χ4n) is 2.86. The van der Waals surface area contributed by atoms with Crippen LogP contribution in [0.2, 0.25) is 0 Å². The van der Waals surface area contributed by atoms with E-state index in [1.165, 1.54) is 44.9 Å². The predicted octanol–water partition coefficient (Wildman–Crippen LogP) is 2.17. The molecule has 1 aliphatic carbocycles. The lowest BCUT2D eigenvalue weighted by atomic mass is 9.70. The van der Waals surface area contributed by atoms with E-state index in [9.17, 15) is 4.79 Å². The molecule has 2 aliphatic rings. The molecule has 2 rings (SSSR count). The first kappa shape index (κ1) is 12.9. The molecule has 0 atom stereocenters. The maximum atomic E-state index is 12.0. The van der Waals surface area contributed by atoms with Gasteiger partial charge in [-0.2, -0.15) is 0 Å². The van der Waals surface area contributed by atoms with Gasteiger partial charge < -0.3 is 10.2 Å². The van der Waals surface area contributed by atoms with Crippen LogP contribution in [0.3, 0.4) is 0 Å². The van der Waals surface area contributed by atoms with Gasteiger partial charge >= 0.3 is 0 Å². The Bertz CT molecular complexity index is 253. The predicted molar refractivity (Wildman–Crippen MR) is 69.9 cm³/mol. The Kier molecular flexibility index (Phi) is 4.43. The molecule has 1 saturated heterocycles. The van der Waals surface area contributed by atoms with Crippen molar-refractivity contribution in [2.45, 2.75) is 51.9 Å². The third-order valence-corrected chi connectivity index (χ3v) is 4.35. The standard InChI is InChI=1S/C14H26N2O/c1-14(7-6-8-14)12-15-11-13(17)16-9-4-2-3-5-10-16/h15H,2-12H2,1H3. The summed E-state index contributed by atoms with van der Waals surface area (Å²) in [5.41, 5.74) is 0.471. The summed E-state index contributed by atoms with van der Waals surface area (Å²) >= 11 is 0. The smallest absolute Gasteiger partial charge is 0.236 e. The molecule has 1 amide bonds. The van der Waals surface area contributed by atoms with E-state index < -0.39 is 0 Å². The minimum absolute atomic E-state index is 0.301. The van der Waals surface area contributed by atoms with Gasteiger partial charge in [-0.25, -0.2) is 0 Å². The van der Waals surface area contributed by atoms with E-state index in [1.54, 1.807) is 0 Å². The van der Waals surface area contributed by atoms with Crippen LogP contribution in [0.15, 0.2) is 0 Å². The Hall–Kier alpha value is -0.570. The van der Waals surface area contributed by atoms with E-state index in [1.807, 2.05) is 4.90 Å². The summed E-state index contributed by atoms with van der Waals surface area (Å²) in [6, 6.07) is 0. The largest absolute Gasteiger partial charge is 0.342 e. The van der Waals surface area contributed by atoms with Gasteiger partial charge in [0.25, 0.3) is 0 Å². The molecule has 1 saturated carbocycles. The maximum Gasteiger partial charge on any atom is 0.236 e. The third kappa shape index (κ3) is 3.70. The van der Waals surface area contributed by atoms with E-state index in [2.05, 4.69) is 12.2 Å². The quantitative estimate of drug-likeness (QED) is 0.814. The number of carbonyl (C=O) groups excluding carboxylic acids is 1. The fraction of sp³-hybridized carbons (Fsp3) is 0.929. The summed E-state index contributed by atoms with van der Waals surface area (Å²) in [4.78, 5) is 14.1. The van der Waals surface area contributed by atoms with Crippen LogP contribution in [0.25, 0.3) is 0 Å². The van der Waals surface area contributed by atoms with Crippen LogP contribution in [-0.2, 0) is 4.79 Å². The molecule has 0 aromatic heterocycles. The molecule has 1 heterocycles. The van der Waals surface area contributed by atoms with Crippen LogP contribution in [0.4, 0.5) is 0 Å². The van der Waals surface area contributed by atoms with E-state index in [0.29, 0.717) is 17.9 Å². The summed E-state index contributed by atoms with van der Waals surface area (Å²) in [5, 5.41) is 3.35. The molecule has 0 bridgehead atoms. The highest BCUT2D eigenvalue weighted by molar-refractivity contribution is 5.78. The summed E-state index contributed by atoms with van der Waals surface area (Å²) in [6.45, 7) is 5.80. The number of hydrogen-bond acceptors (Lipinski definition) is 2. The number of amides is 1. The highest BCUT2D eigenvalue weighted by Gasteiger charge is 2.31. The fourth-order valence-corrected chi connectivity index (χ4v) is 2.86. The summed E-state index contributed by atoms with van der Waals surface area (Å²) < 4.78 is 0. The lowest BCUT2D eigenvalue weighted by Crippen LogP contribution is -2.43. The van der Waals surface area contributed by atoms with Crippen molar-refractivity contribution >= 4 is 5.91 Å². The van der Waals surface area contributed by atoms with Crippen LogP contribution in [0.5, 0.6) is 0 Å². The first-order valence-electron chi connectivity index (χ1n) is 7.18. The van der Waals surface area contributed by atoms with E-state index in [0.717, 1.165) is 19.6 Å². The zero-order valence-corrected chi connectivity index (χ0v) is 11.1. The summed E-state index contributed by atoms with van der Waals surface area (Å²) in [7, 11) is 0. The van der Waals surface area contributed by atoms with Crippen molar-refractivity contribution in [3.05, 3.63) is 0 Å². The van der Waals surface area contributed by atoms with E-state index in [4.69, 9.17) is 0 Å². The normalized spacial score (nSPS) is 23.9. The molecular weight excluding hydrogens is 212 g/mol. The molecule has 0 unspecified atom stereocenters. The molecule has 17 heavy (non-hydrogen) atoms.